The summed E-state index contributed by atoms with van der Waals surface area (Å²) < 4.78 is 1.69. The molecule has 0 atom stereocenters. The maximum absolute atomic E-state index is 10.9. The Balaban J connectivity index is 1.99. The van der Waals surface area contributed by atoms with Crippen LogP contribution in [0.5, 0.6) is 0 Å². The van der Waals surface area contributed by atoms with Gasteiger partial charge in [-0.15, -0.1) is 0 Å². The number of aromatic nitrogens is 3. The van der Waals surface area contributed by atoms with Crippen molar-refractivity contribution in [2.45, 2.75) is 0 Å². The average molecular weight is 254 g/mol. The first-order valence-corrected chi connectivity index (χ1v) is 5.63. The number of anilines is 2. The molecular weight excluding hydrogens is 244 g/mol. The third-order valence-corrected chi connectivity index (χ3v) is 2.70. The summed E-state index contributed by atoms with van der Waals surface area (Å²) in [5, 5.41) is 16.2. The molecule has 0 aliphatic rings. The van der Waals surface area contributed by atoms with Gasteiger partial charge in [0, 0.05) is 18.1 Å². The van der Waals surface area contributed by atoms with Crippen LogP contribution in [0.15, 0.2) is 48.9 Å². The molecule has 0 spiro atoms. The highest BCUT2D eigenvalue weighted by Gasteiger charge is 2.06. The Morgan fingerprint density at radius 1 is 1.26 bits per heavy atom. The van der Waals surface area contributed by atoms with Gasteiger partial charge in [-0.3, -0.25) is 0 Å². The normalized spacial score (nSPS) is 10.5. The van der Waals surface area contributed by atoms with Gasteiger partial charge in [0.05, 0.1) is 11.8 Å². The Labute approximate surface area is 108 Å². The third-order valence-electron chi connectivity index (χ3n) is 2.70. The molecule has 0 radical (unpaired) electrons. The molecule has 0 amide bonds. The SMILES string of the molecule is O=C(O)c1cccc(Nc2nccn3nccc23)c1. The van der Waals surface area contributed by atoms with Gasteiger partial charge in [-0.25, -0.2) is 14.3 Å². The summed E-state index contributed by atoms with van der Waals surface area (Å²) in [6, 6.07) is 8.40. The molecule has 3 rings (SSSR count). The zero-order chi connectivity index (χ0) is 13.2. The van der Waals surface area contributed by atoms with E-state index in [1.807, 2.05) is 6.07 Å². The zero-order valence-corrected chi connectivity index (χ0v) is 9.82. The first-order chi connectivity index (χ1) is 9.24. The molecule has 3 aromatic rings. The molecule has 0 aliphatic heterocycles. The van der Waals surface area contributed by atoms with Crippen LogP contribution in [0.25, 0.3) is 5.52 Å². The molecule has 6 heteroatoms. The number of rotatable bonds is 3. The van der Waals surface area contributed by atoms with Crippen molar-refractivity contribution in [3.63, 3.8) is 0 Å². The Bertz CT molecular complexity index is 751. The lowest BCUT2D eigenvalue weighted by Crippen LogP contribution is -2.00. The molecule has 2 N–H and O–H groups in total. The standard InChI is InChI=1S/C13H10N4O2/c18-13(19)9-2-1-3-10(8-9)16-12-11-4-5-15-17(11)7-6-14-12/h1-8H,(H,14,16)(H,18,19). The zero-order valence-electron chi connectivity index (χ0n) is 9.82. The summed E-state index contributed by atoms with van der Waals surface area (Å²) in [6.07, 6.45) is 5.05. The van der Waals surface area contributed by atoms with Gasteiger partial charge < -0.3 is 10.4 Å². The summed E-state index contributed by atoms with van der Waals surface area (Å²) in [5.41, 5.74) is 1.72. The van der Waals surface area contributed by atoms with Gasteiger partial charge in [0.15, 0.2) is 5.82 Å². The van der Waals surface area contributed by atoms with Crippen LogP contribution in [0.4, 0.5) is 11.5 Å². The van der Waals surface area contributed by atoms with E-state index in [9.17, 15) is 4.79 Å². The molecule has 6 nitrogen and oxygen atoms in total. The van der Waals surface area contributed by atoms with E-state index < -0.39 is 5.97 Å². The van der Waals surface area contributed by atoms with Crippen LogP contribution >= 0.6 is 0 Å². The third kappa shape index (κ3) is 2.11. The van der Waals surface area contributed by atoms with Gasteiger partial charge in [0.1, 0.15) is 5.52 Å². The van der Waals surface area contributed by atoms with Gasteiger partial charge in [0.25, 0.3) is 0 Å². The van der Waals surface area contributed by atoms with E-state index in [1.165, 1.54) is 0 Å². The minimum atomic E-state index is -0.959. The Hall–Kier alpha value is -2.89. The fourth-order valence-corrected chi connectivity index (χ4v) is 1.82. The fourth-order valence-electron chi connectivity index (χ4n) is 1.82. The maximum atomic E-state index is 10.9. The number of carbonyl (C=O) groups is 1. The summed E-state index contributed by atoms with van der Waals surface area (Å²) in [4.78, 5) is 15.1. The van der Waals surface area contributed by atoms with E-state index >= 15 is 0 Å². The van der Waals surface area contributed by atoms with E-state index in [0.29, 0.717) is 11.5 Å². The van der Waals surface area contributed by atoms with Gasteiger partial charge in [0.2, 0.25) is 0 Å². The number of nitrogens with zero attached hydrogens (tertiary/aromatic N) is 3. The van der Waals surface area contributed by atoms with Crippen molar-refractivity contribution in [1.82, 2.24) is 14.6 Å². The topological polar surface area (TPSA) is 79.5 Å². The number of nitrogens with one attached hydrogen (secondary N) is 1. The predicted octanol–water partition coefficient (Wildman–Crippen LogP) is 2.17. The Morgan fingerprint density at radius 2 is 2.16 bits per heavy atom. The van der Waals surface area contributed by atoms with Gasteiger partial charge in [-0.2, -0.15) is 5.10 Å². The fraction of sp³-hybridized carbons (Fsp3) is 0. The van der Waals surface area contributed by atoms with Crippen molar-refractivity contribution in [3.05, 3.63) is 54.5 Å². The van der Waals surface area contributed by atoms with E-state index in [2.05, 4.69) is 15.4 Å². The minimum Gasteiger partial charge on any atom is -0.478 e. The van der Waals surface area contributed by atoms with E-state index in [0.717, 1.165) is 5.52 Å². The van der Waals surface area contributed by atoms with Crippen molar-refractivity contribution >= 4 is 23.0 Å². The first-order valence-electron chi connectivity index (χ1n) is 5.63. The highest BCUT2D eigenvalue weighted by Crippen LogP contribution is 2.19. The van der Waals surface area contributed by atoms with Crippen LogP contribution in [0.2, 0.25) is 0 Å². The first kappa shape index (κ1) is 11.2. The average Bonchev–Trinajstić information content (AvgIpc) is 2.88. The van der Waals surface area contributed by atoms with Crippen molar-refractivity contribution in [2.75, 3.05) is 5.32 Å². The molecular formula is C13H10N4O2. The van der Waals surface area contributed by atoms with Crippen LogP contribution in [-0.2, 0) is 0 Å². The van der Waals surface area contributed by atoms with E-state index in [-0.39, 0.29) is 5.56 Å². The monoisotopic (exact) mass is 254 g/mol. The number of aromatic carboxylic acids is 1. The smallest absolute Gasteiger partial charge is 0.335 e. The second kappa shape index (κ2) is 4.41. The van der Waals surface area contributed by atoms with Crippen molar-refractivity contribution in [1.29, 1.82) is 0 Å². The molecule has 0 saturated carbocycles. The van der Waals surface area contributed by atoms with Crippen molar-refractivity contribution in [3.8, 4) is 0 Å². The Morgan fingerprint density at radius 3 is 3.00 bits per heavy atom. The number of carboxylic acids is 1. The summed E-state index contributed by atoms with van der Waals surface area (Å²) in [6.45, 7) is 0. The van der Waals surface area contributed by atoms with Gasteiger partial charge in [-0.05, 0) is 24.3 Å². The van der Waals surface area contributed by atoms with Crippen LogP contribution in [0, 0.1) is 0 Å². The maximum Gasteiger partial charge on any atom is 0.335 e. The van der Waals surface area contributed by atoms with Crippen LogP contribution in [0.1, 0.15) is 10.4 Å². The van der Waals surface area contributed by atoms with Crippen molar-refractivity contribution in [2.24, 2.45) is 0 Å². The molecule has 0 bridgehead atoms. The molecule has 2 heterocycles. The lowest BCUT2D eigenvalue weighted by molar-refractivity contribution is 0.0697. The summed E-state index contributed by atoms with van der Waals surface area (Å²) in [5.74, 6) is -0.332. The summed E-state index contributed by atoms with van der Waals surface area (Å²) in [7, 11) is 0. The molecule has 0 fully saturated rings. The molecule has 94 valence electrons. The van der Waals surface area contributed by atoms with Gasteiger partial charge in [-0.1, -0.05) is 6.07 Å². The molecule has 0 saturated heterocycles. The highest BCUT2D eigenvalue weighted by atomic mass is 16.4. The number of hydrogen-bond acceptors (Lipinski definition) is 4. The van der Waals surface area contributed by atoms with E-state index in [1.54, 1.807) is 47.4 Å². The van der Waals surface area contributed by atoms with E-state index in [4.69, 9.17) is 5.11 Å². The number of fused-ring (bicyclic) bond motifs is 1. The minimum absolute atomic E-state index is 0.227. The second-order valence-corrected chi connectivity index (χ2v) is 3.95. The number of benzene rings is 1. The Kier molecular flexibility index (Phi) is 2.60. The quantitative estimate of drug-likeness (QED) is 0.748. The summed E-state index contributed by atoms with van der Waals surface area (Å²) >= 11 is 0. The molecule has 0 unspecified atom stereocenters. The number of hydrogen-bond donors (Lipinski definition) is 2. The predicted molar refractivity (Wildman–Crippen MR) is 69.7 cm³/mol. The molecule has 19 heavy (non-hydrogen) atoms. The number of carboxylic acid groups (broad SMARTS) is 1. The van der Waals surface area contributed by atoms with Gasteiger partial charge >= 0.3 is 5.97 Å². The molecule has 2 aromatic heterocycles. The lowest BCUT2D eigenvalue weighted by Gasteiger charge is -2.07. The second-order valence-electron chi connectivity index (χ2n) is 3.95. The van der Waals surface area contributed by atoms with Crippen LogP contribution < -0.4 is 5.32 Å². The lowest BCUT2D eigenvalue weighted by atomic mass is 10.2. The van der Waals surface area contributed by atoms with Crippen LogP contribution in [0.3, 0.4) is 0 Å². The molecule has 1 aromatic carbocycles. The highest BCUT2D eigenvalue weighted by molar-refractivity contribution is 5.89. The largest absolute Gasteiger partial charge is 0.478 e. The van der Waals surface area contributed by atoms with Crippen molar-refractivity contribution < 1.29 is 9.90 Å². The van der Waals surface area contributed by atoms with Crippen LogP contribution in [-0.4, -0.2) is 25.7 Å². The molecule has 0 aliphatic carbocycles.